The number of carbonyl (C=O) groups excluding carboxylic acids is 2. The number of hydrogen-bond acceptors (Lipinski definition) is 5. The summed E-state index contributed by atoms with van der Waals surface area (Å²) >= 11 is 3.74. The first-order valence-electron chi connectivity index (χ1n) is 8.98. The van der Waals surface area contributed by atoms with E-state index >= 15 is 0 Å². The van der Waals surface area contributed by atoms with Gasteiger partial charge in [0, 0.05) is 24.4 Å². The van der Waals surface area contributed by atoms with E-state index in [1.54, 1.807) is 0 Å². The molecule has 1 fully saturated rings. The van der Waals surface area contributed by atoms with Crippen molar-refractivity contribution in [2.45, 2.75) is 64.1 Å². The van der Waals surface area contributed by atoms with Gasteiger partial charge in [0.2, 0.25) is 5.91 Å². The van der Waals surface area contributed by atoms with Gasteiger partial charge in [0.05, 0.1) is 5.25 Å². The molecule has 2 rings (SSSR count). The maximum Gasteiger partial charge on any atom is 0.315 e. The molecule has 1 saturated heterocycles. The number of amides is 3. The number of carbonyl (C=O) groups is 2. The number of rotatable bonds is 5. The quantitative estimate of drug-likeness (QED) is 0.618. The monoisotopic (exact) mass is 400 g/mol. The van der Waals surface area contributed by atoms with Gasteiger partial charge >= 0.3 is 6.03 Å². The Morgan fingerprint density at radius 3 is 2.35 bits per heavy atom. The van der Waals surface area contributed by atoms with E-state index in [1.807, 2.05) is 44.5 Å². The number of urea groups is 1. The van der Waals surface area contributed by atoms with Crippen LogP contribution in [0.5, 0.6) is 0 Å². The average molecular weight is 401 g/mol. The summed E-state index contributed by atoms with van der Waals surface area (Å²) in [7, 11) is 0. The number of nitrogens with two attached hydrogens (primary N) is 1. The zero-order valence-corrected chi connectivity index (χ0v) is 18.2. The Labute approximate surface area is 165 Å². The normalized spacial score (nSPS) is 25.6. The van der Waals surface area contributed by atoms with Crippen molar-refractivity contribution >= 4 is 35.6 Å². The Morgan fingerprint density at radius 2 is 1.85 bits per heavy atom. The summed E-state index contributed by atoms with van der Waals surface area (Å²) in [6.07, 6.45) is 2.26. The van der Waals surface area contributed by atoms with Crippen LogP contribution in [0.4, 0.5) is 4.79 Å². The van der Waals surface area contributed by atoms with Crippen LogP contribution < -0.4 is 16.4 Å². The van der Waals surface area contributed by atoms with Crippen LogP contribution in [0.15, 0.2) is 11.5 Å². The molecule has 148 valence electrons. The van der Waals surface area contributed by atoms with Crippen LogP contribution in [0.25, 0.3) is 0 Å². The number of primary amides is 1. The summed E-state index contributed by atoms with van der Waals surface area (Å²) in [5.74, 6) is -0.522. The Morgan fingerprint density at radius 1 is 1.19 bits per heavy atom. The number of fused-ring (bicyclic) bond motifs is 1. The Balaban J connectivity index is 1.98. The van der Waals surface area contributed by atoms with Crippen LogP contribution >= 0.6 is 23.7 Å². The highest BCUT2D eigenvalue weighted by Gasteiger charge is 2.38. The van der Waals surface area contributed by atoms with Crippen molar-refractivity contribution in [2.75, 3.05) is 13.1 Å². The molecule has 0 saturated carbocycles. The molecule has 0 radical (unpaired) electrons. The van der Waals surface area contributed by atoms with Crippen molar-refractivity contribution in [3.05, 3.63) is 11.5 Å². The maximum absolute atomic E-state index is 12.6. The van der Waals surface area contributed by atoms with Crippen LogP contribution in [-0.2, 0) is 4.79 Å². The van der Waals surface area contributed by atoms with Crippen LogP contribution in [0, 0.1) is 10.8 Å². The van der Waals surface area contributed by atoms with Crippen LogP contribution in [0.2, 0.25) is 0 Å². The third-order valence-electron chi connectivity index (χ3n) is 4.71. The molecule has 0 aromatic heterocycles. The molecule has 2 aliphatic rings. The Bertz CT molecular complexity index is 569. The van der Waals surface area contributed by atoms with E-state index in [0.717, 1.165) is 13.1 Å². The lowest BCUT2D eigenvalue weighted by atomic mass is 9.86. The van der Waals surface area contributed by atoms with Gasteiger partial charge in [-0.2, -0.15) is 0 Å². The number of nitrogens with one attached hydrogen (secondary N) is 2. The molecular weight excluding hydrogens is 368 g/mol. The van der Waals surface area contributed by atoms with E-state index in [2.05, 4.69) is 47.2 Å². The first-order valence-corrected chi connectivity index (χ1v) is 10.8. The van der Waals surface area contributed by atoms with Crippen LogP contribution in [-0.4, -0.2) is 51.9 Å². The fourth-order valence-electron chi connectivity index (χ4n) is 2.99. The largest absolute Gasteiger partial charge is 0.368 e. The van der Waals surface area contributed by atoms with Gasteiger partial charge in [-0.3, -0.25) is 4.79 Å². The molecule has 2 aliphatic heterocycles. The smallest absolute Gasteiger partial charge is 0.315 e. The maximum atomic E-state index is 12.6. The molecule has 26 heavy (non-hydrogen) atoms. The third-order valence-corrected chi connectivity index (χ3v) is 7.31. The fraction of sp³-hybridized carbons (Fsp3) is 0.778. The van der Waals surface area contributed by atoms with Crippen molar-refractivity contribution in [2.24, 2.45) is 16.6 Å². The van der Waals surface area contributed by atoms with Gasteiger partial charge in [0.25, 0.3) is 0 Å². The van der Waals surface area contributed by atoms with Crippen molar-refractivity contribution in [1.29, 1.82) is 0 Å². The van der Waals surface area contributed by atoms with E-state index in [9.17, 15) is 9.59 Å². The minimum Gasteiger partial charge on any atom is -0.368 e. The van der Waals surface area contributed by atoms with Gasteiger partial charge in [-0.15, -0.1) is 11.8 Å². The summed E-state index contributed by atoms with van der Waals surface area (Å²) < 4.78 is 2.34. The van der Waals surface area contributed by atoms with E-state index in [0.29, 0.717) is 10.5 Å². The molecule has 4 N–H and O–H groups in total. The van der Waals surface area contributed by atoms with Crippen molar-refractivity contribution in [3.8, 4) is 0 Å². The molecule has 2 unspecified atom stereocenters. The van der Waals surface area contributed by atoms with Gasteiger partial charge in [-0.05, 0) is 16.2 Å². The molecule has 0 spiro atoms. The predicted molar refractivity (Wildman–Crippen MR) is 111 cm³/mol. The van der Waals surface area contributed by atoms with E-state index < -0.39 is 17.4 Å². The van der Waals surface area contributed by atoms with Gasteiger partial charge in [-0.25, -0.2) is 9.10 Å². The zero-order valence-electron chi connectivity index (χ0n) is 16.5. The second-order valence-corrected chi connectivity index (χ2v) is 11.6. The Kier molecular flexibility index (Phi) is 6.62. The molecule has 2 heterocycles. The topological polar surface area (TPSA) is 87.5 Å². The van der Waals surface area contributed by atoms with Crippen molar-refractivity contribution in [3.63, 3.8) is 0 Å². The fourth-order valence-corrected chi connectivity index (χ4v) is 5.70. The summed E-state index contributed by atoms with van der Waals surface area (Å²) in [5, 5.41) is 9.15. The van der Waals surface area contributed by atoms with E-state index in [4.69, 9.17) is 5.73 Å². The van der Waals surface area contributed by atoms with Gasteiger partial charge in [0.1, 0.15) is 6.04 Å². The summed E-state index contributed by atoms with van der Waals surface area (Å²) in [6, 6.07) is -1.11. The van der Waals surface area contributed by atoms with Crippen molar-refractivity contribution in [1.82, 2.24) is 14.9 Å². The van der Waals surface area contributed by atoms with Gasteiger partial charge in [0.15, 0.2) is 0 Å². The highest BCUT2D eigenvalue weighted by Crippen LogP contribution is 2.42. The Hall–Kier alpha value is -0.860. The molecule has 3 amide bonds. The van der Waals surface area contributed by atoms with Crippen LogP contribution in [0.3, 0.4) is 0 Å². The lowest BCUT2D eigenvalue weighted by Gasteiger charge is -2.35. The second kappa shape index (κ2) is 8.02. The molecular formula is C18H32N4O2S2. The van der Waals surface area contributed by atoms with E-state index in [-0.39, 0.29) is 17.5 Å². The minimum atomic E-state index is -0.717. The zero-order chi connectivity index (χ0) is 19.7. The molecule has 0 aromatic carbocycles. The minimum absolute atomic E-state index is 0.0451. The van der Waals surface area contributed by atoms with Gasteiger partial charge in [-0.1, -0.05) is 59.6 Å². The second-order valence-electron chi connectivity index (χ2n) is 9.16. The molecule has 8 heteroatoms. The highest BCUT2D eigenvalue weighted by atomic mass is 32.2. The third kappa shape index (κ3) is 5.57. The predicted octanol–water partition coefficient (Wildman–Crippen LogP) is 2.56. The number of nitrogens with zero attached hydrogens (tertiary/aromatic N) is 1. The lowest BCUT2D eigenvalue weighted by Crippen LogP contribution is -2.58. The van der Waals surface area contributed by atoms with Gasteiger partial charge < -0.3 is 16.4 Å². The first kappa shape index (κ1) is 21.4. The highest BCUT2D eigenvalue weighted by molar-refractivity contribution is 8.06. The average Bonchev–Trinajstić information content (AvgIpc) is 3.02. The van der Waals surface area contributed by atoms with E-state index in [1.165, 1.54) is 0 Å². The first-order chi connectivity index (χ1) is 11.9. The SMILES string of the molecule is CC(C)(C)[C@H](NC(=O)N[C@H](CN1CC2SC=CC2S1)C(C)(C)C)C(N)=O. The molecule has 6 nitrogen and oxygen atoms in total. The summed E-state index contributed by atoms with van der Waals surface area (Å²) in [6.45, 7) is 13.8. The number of thioether (sulfide) groups is 1. The molecule has 4 atom stereocenters. The van der Waals surface area contributed by atoms with Crippen LogP contribution in [0.1, 0.15) is 41.5 Å². The number of hydrogen-bond donors (Lipinski definition) is 3. The van der Waals surface area contributed by atoms with Crippen molar-refractivity contribution < 1.29 is 9.59 Å². The summed E-state index contributed by atoms with van der Waals surface area (Å²) in [5.41, 5.74) is 4.92. The molecule has 0 bridgehead atoms. The molecule has 0 aromatic rings. The molecule has 0 aliphatic carbocycles. The standard InChI is InChI=1S/C18H32N4O2S2/c1-17(2,3)13(10-22-9-12-11(26-22)7-8-25-12)20-16(24)21-14(15(19)23)18(4,5)6/h7-8,11-14H,9-10H2,1-6H3,(H2,19,23)(H2,20,21,24)/t11?,12?,13-,14-/m1/s1. The summed E-state index contributed by atoms with van der Waals surface area (Å²) in [4.78, 5) is 24.3. The lowest BCUT2D eigenvalue weighted by molar-refractivity contribution is -0.122.